The molecule has 2 fully saturated rings. The zero-order valence-electron chi connectivity index (χ0n) is 11.0. The van der Waals surface area contributed by atoms with E-state index in [1.807, 2.05) is 12.1 Å². The lowest BCUT2D eigenvalue weighted by atomic mass is 9.73. The first-order chi connectivity index (χ1) is 8.71. The van der Waals surface area contributed by atoms with E-state index < -0.39 is 0 Å². The second-order valence-electron chi connectivity index (χ2n) is 5.80. The van der Waals surface area contributed by atoms with Crippen LogP contribution in [0.3, 0.4) is 0 Å². The highest BCUT2D eigenvalue weighted by Crippen LogP contribution is 2.41. The maximum Gasteiger partial charge on any atom is 0.123 e. The first-order valence-corrected chi connectivity index (χ1v) is 6.94. The van der Waals surface area contributed by atoms with Crippen LogP contribution in [0.2, 0.25) is 0 Å². The molecule has 2 nitrogen and oxygen atoms in total. The van der Waals surface area contributed by atoms with Crippen molar-refractivity contribution in [1.29, 1.82) is 0 Å². The van der Waals surface area contributed by atoms with Gasteiger partial charge in [-0.05, 0) is 50.2 Å². The van der Waals surface area contributed by atoms with Crippen LogP contribution < -0.4 is 4.90 Å². The summed E-state index contributed by atoms with van der Waals surface area (Å²) < 4.78 is 12.9. The molecule has 3 heteroatoms. The van der Waals surface area contributed by atoms with E-state index in [0.717, 1.165) is 25.3 Å². The minimum absolute atomic E-state index is 0.149. The fourth-order valence-electron chi connectivity index (χ4n) is 3.44. The van der Waals surface area contributed by atoms with E-state index in [2.05, 4.69) is 16.7 Å². The molecule has 0 N–H and O–H groups in total. The Morgan fingerprint density at radius 1 is 1.17 bits per heavy atom. The molecule has 2 aliphatic heterocycles. The number of piperidine rings is 1. The molecule has 2 saturated heterocycles. The molecule has 0 aromatic heterocycles. The Kier molecular flexibility index (Phi) is 3.02. The smallest absolute Gasteiger partial charge is 0.123 e. The molecule has 0 aliphatic carbocycles. The van der Waals surface area contributed by atoms with Gasteiger partial charge in [0, 0.05) is 30.7 Å². The van der Waals surface area contributed by atoms with Crippen LogP contribution in [0.4, 0.5) is 10.1 Å². The summed E-state index contributed by atoms with van der Waals surface area (Å²) in [6.45, 7) is 8.17. The van der Waals surface area contributed by atoms with Crippen molar-refractivity contribution < 1.29 is 4.39 Å². The normalized spacial score (nSPS) is 23.1. The van der Waals surface area contributed by atoms with E-state index in [1.165, 1.54) is 25.9 Å². The average molecular weight is 248 g/mol. The van der Waals surface area contributed by atoms with Crippen LogP contribution >= 0.6 is 0 Å². The first kappa shape index (κ1) is 12.0. The van der Waals surface area contributed by atoms with Crippen molar-refractivity contribution in [3.63, 3.8) is 0 Å². The summed E-state index contributed by atoms with van der Waals surface area (Å²) in [7, 11) is 0. The molecule has 18 heavy (non-hydrogen) atoms. The van der Waals surface area contributed by atoms with Crippen LogP contribution in [0, 0.1) is 11.2 Å². The number of halogens is 1. The number of nitrogens with zero attached hydrogens (tertiary/aromatic N) is 2. The molecule has 2 aliphatic rings. The SMILES string of the molecule is CCN1CCCC2(C1)CN(c1ccc(F)cc1)C2. The second kappa shape index (κ2) is 4.54. The van der Waals surface area contributed by atoms with Crippen LogP contribution in [0.1, 0.15) is 19.8 Å². The van der Waals surface area contributed by atoms with Crippen molar-refractivity contribution in [2.45, 2.75) is 19.8 Å². The topological polar surface area (TPSA) is 6.48 Å². The van der Waals surface area contributed by atoms with Crippen LogP contribution in [0.15, 0.2) is 24.3 Å². The number of anilines is 1. The molecule has 0 bridgehead atoms. The van der Waals surface area contributed by atoms with Gasteiger partial charge in [0.15, 0.2) is 0 Å². The Hall–Kier alpha value is -1.09. The maximum atomic E-state index is 12.9. The minimum Gasteiger partial charge on any atom is -0.370 e. The minimum atomic E-state index is -0.149. The third-order valence-electron chi connectivity index (χ3n) is 4.43. The largest absolute Gasteiger partial charge is 0.370 e. The van der Waals surface area contributed by atoms with E-state index in [-0.39, 0.29) is 5.82 Å². The zero-order valence-corrected chi connectivity index (χ0v) is 11.0. The number of hydrogen-bond donors (Lipinski definition) is 0. The maximum absolute atomic E-state index is 12.9. The molecule has 98 valence electrons. The summed E-state index contributed by atoms with van der Waals surface area (Å²) in [6, 6.07) is 6.89. The summed E-state index contributed by atoms with van der Waals surface area (Å²) >= 11 is 0. The molecule has 0 radical (unpaired) electrons. The number of hydrogen-bond acceptors (Lipinski definition) is 2. The van der Waals surface area contributed by atoms with E-state index in [9.17, 15) is 4.39 Å². The van der Waals surface area contributed by atoms with Crippen molar-refractivity contribution in [2.75, 3.05) is 37.6 Å². The zero-order chi connectivity index (χ0) is 12.6. The molecular weight excluding hydrogens is 227 g/mol. The van der Waals surface area contributed by atoms with Crippen molar-refractivity contribution in [3.05, 3.63) is 30.1 Å². The quantitative estimate of drug-likeness (QED) is 0.794. The molecule has 0 atom stereocenters. The average Bonchev–Trinajstić information content (AvgIpc) is 2.37. The lowest BCUT2D eigenvalue weighted by Crippen LogP contribution is -2.63. The predicted molar refractivity (Wildman–Crippen MR) is 72.4 cm³/mol. The van der Waals surface area contributed by atoms with Gasteiger partial charge in [0.1, 0.15) is 5.82 Å². The first-order valence-electron chi connectivity index (χ1n) is 6.94. The Bertz CT molecular complexity index is 409. The van der Waals surface area contributed by atoms with Gasteiger partial charge in [-0.3, -0.25) is 0 Å². The second-order valence-corrected chi connectivity index (χ2v) is 5.80. The highest BCUT2D eigenvalue weighted by molar-refractivity contribution is 5.50. The molecular formula is C15H21FN2. The molecule has 2 heterocycles. The van der Waals surface area contributed by atoms with Gasteiger partial charge in [0.05, 0.1) is 0 Å². The molecule has 0 saturated carbocycles. The third kappa shape index (κ3) is 2.12. The van der Waals surface area contributed by atoms with Crippen molar-refractivity contribution in [1.82, 2.24) is 4.90 Å². The van der Waals surface area contributed by atoms with Crippen LogP contribution in [0.25, 0.3) is 0 Å². The van der Waals surface area contributed by atoms with Gasteiger partial charge in [-0.1, -0.05) is 6.92 Å². The Morgan fingerprint density at radius 2 is 1.89 bits per heavy atom. The molecule has 3 rings (SSSR count). The summed E-state index contributed by atoms with van der Waals surface area (Å²) in [5.74, 6) is -0.149. The Morgan fingerprint density at radius 3 is 2.56 bits per heavy atom. The molecule has 0 unspecified atom stereocenters. The van der Waals surface area contributed by atoms with Gasteiger partial charge >= 0.3 is 0 Å². The van der Waals surface area contributed by atoms with E-state index in [4.69, 9.17) is 0 Å². The van der Waals surface area contributed by atoms with Gasteiger partial charge in [0.25, 0.3) is 0 Å². The van der Waals surface area contributed by atoms with E-state index in [0.29, 0.717) is 5.41 Å². The third-order valence-corrected chi connectivity index (χ3v) is 4.43. The molecule has 1 aromatic rings. The monoisotopic (exact) mass is 248 g/mol. The predicted octanol–water partition coefficient (Wildman–Crippen LogP) is 2.75. The summed E-state index contributed by atoms with van der Waals surface area (Å²) in [5.41, 5.74) is 1.67. The number of likely N-dealkylation sites (tertiary alicyclic amines) is 1. The Balaban J connectivity index is 1.63. The van der Waals surface area contributed by atoms with Crippen LogP contribution in [-0.2, 0) is 0 Å². The van der Waals surface area contributed by atoms with Gasteiger partial charge in [-0.15, -0.1) is 0 Å². The summed E-state index contributed by atoms with van der Waals surface area (Å²) in [6.07, 6.45) is 2.67. The van der Waals surface area contributed by atoms with Gasteiger partial charge in [-0.25, -0.2) is 4.39 Å². The highest BCUT2D eigenvalue weighted by Gasteiger charge is 2.45. The van der Waals surface area contributed by atoms with Gasteiger partial charge in [0.2, 0.25) is 0 Å². The number of rotatable bonds is 2. The van der Waals surface area contributed by atoms with Gasteiger partial charge < -0.3 is 9.80 Å². The standard InChI is InChI=1S/C15H21FN2/c1-2-17-9-3-8-15(10-17)11-18(12-15)14-6-4-13(16)5-7-14/h4-7H,2-3,8-12H2,1H3. The number of benzene rings is 1. The van der Waals surface area contributed by atoms with Crippen molar-refractivity contribution in [2.24, 2.45) is 5.41 Å². The van der Waals surface area contributed by atoms with Crippen LogP contribution in [0.5, 0.6) is 0 Å². The summed E-state index contributed by atoms with van der Waals surface area (Å²) in [4.78, 5) is 4.93. The fourth-order valence-corrected chi connectivity index (χ4v) is 3.44. The molecule has 1 aromatic carbocycles. The molecule has 1 spiro atoms. The highest BCUT2D eigenvalue weighted by atomic mass is 19.1. The van der Waals surface area contributed by atoms with Crippen molar-refractivity contribution >= 4 is 5.69 Å². The lowest BCUT2D eigenvalue weighted by molar-refractivity contribution is 0.0653. The van der Waals surface area contributed by atoms with Crippen LogP contribution in [-0.4, -0.2) is 37.6 Å². The fraction of sp³-hybridized carbons (Fsp3) is 0.600. The van der Waals surface area contributed by atoms with Crippen molar-refractivity contribution in [3.8, 4) is 0 Å². The summed E-state index contributed by atoms with van der Waals surface area (Å²) in [5, 5.41) is 0. The van der Waals surface area contributed by atoms with E-state index in [1.54, 1.807) is 12.1 Å². The van der Waals surface area contributed by atoms with Gasteiger partial charge in [-0.2, -0.15) is 0 Å². The molecule has 0 amide bonds. The van der Waals surface area contributed by atoms with E-state index >= 15 is 0 Å². The lowest BCUT2D eigenvalue weighted by Gasteiger charge is -2.55. The Labute approximate surface area is 108 Å².